The van der Waals surface area contributed by atoms with Crippen molar-refractivity contribution in [1.82, 2.24) is 23.8 Å². The number of amides is 1. The molecular weight excluding hydrogens is 951 g/mol. The lowest BCUT2D eigenvalue weighted by Gasteiger charge is -2.24. The first-order chi connectivity index (χ1) is 32.1. The molecule has 3 aromatic carbocycles. The van der Waals surface area contributed by atoms with E-state index in [1.54, 1.807) is 53.1 Å². The number of nitrogens with zero attached hydrogens (tertiary/aromatic N) is 6. The van der Waals surface area contributed by atoms with E-state index in [2.05, 4.69) is 15.0 Å². The van der Waals surface area contributed by atoms with Crippen LogP contribution in [0, 0.1) is 0 Å². The molecular formula is C43H48N7O15S3+. The van der Waals surface area contributed by atoms with Crippen LogP contribution in [-0.2, 0) is 59.4 Å². The molecule has 0 spiro atoms. The van der Waals surface area contributed by atoms with Gasteiger partial charge in [0.05, 0.1) is 57.7 Å². The Labute approximate surface area is 389 Å². The van der Waals surface area contributed by atoms with Crippen LogP contribution in [-0.4, -0.2) is 122 Å². The van der Waals surface area contributed by atoms with Gasteiger partial charge in [0.2, 0.25) is 17.0 Å². The van der Waals surface area contributed by atoms with Crippen LogP contribution in [0.3, 0.4) is 0 Å². The molecule has 3 heterocycles. The second-order valence-electron chi connectivity index (χ2n) is 15.8. The zero-order valence-corrected chi connectivity index (χ0v) is 38.6. The fourth-order valence-corrected chi connectivity index (χ4v) is 10.00. The Hall–Kier alpha value is -6.19. The number of anilines is 1. The van der Waals surface area contributed by atoms with Gasteiger partial charge in [-0.15, -0.1) is 0 Å². The van der Waals surface area contributed by atoms with Crippen molar-refractivity contribution < 1.29 is 68.6 Å². The third-order valence-corrected chi connectivity index (χ3v) is 14.3. The van der Waals surface area contributed by atoms with Crippen molar-refractivity contribution in [3.8, 4) is 0 Å². The average molecular weight is 999 g/mol. The summed E-state index contributed by atoms with van der Waals surface area (Å²) in [4.78, 5) is 65.1. The van der Waals surface area contributed by atoms with Crippen molar-refractivity contribution in [3.05, 3.63) is 106 Å². The molecule has 6 rings (SSSR count). The number of hydrogen-bond donors (Lipinski definition) is 6. The van der Waals surface area contributed by atoms with Crippen LogP contribution >= 0.6 is 0 Å². The number of fused-ring (bicyclic) bond motifs is 3. The third-order valence-electron chi connectivity index (χ3n) is 10.9. The van der Waals surface area contributed by atoms with Gasteiger partial charge >= 0.3 is 0 Å². The number of aryl methyl sites for hydroxylation is 2. The molecule has 3 aromatic heterocycles. The number of para-hydroxylation sites is 2. The van der Waals surface area contributed by atoms with Crippen LogP contribution < -0.4 is 15.9 Å². The maximum absolute atomic E-state index is 14.7. The average Bonchev–Trinajstić information content (AvgIpc) is 3.28. The van der Waals surface area contributed by atoms with Crippen molar-refractivity contribution in [2.75, 3.05) is 30.4 Å². The van der Waals surface area contributed by atoms with Crippen LogP contribution in [0.4, 0.5) is 5.95 Å². The van der Waals surface area contributed by atoms with Crippen LogP contribution in [0.5, 0.6) is 0 Å². The quantitative estimate of drug-likeness (QED) is 0.0226. The van der Waals surface area contributed by atoms with Gasteiger partial charge in [0.25, 0.3) is 41.7 Å². The van der Waals surface area contributed by atoms with E-state index in [1.807, 2.05) is 0 Å². The number of pyridine rings is 1. The minimum atomic E-state index is -4.71. The molecule has 0 saturated carbocycles. The minimum absolute atomic E-state index is 0.00860. The maximum atomic E-state index is 14.7. The summed E-state index contributed by atoms with van der Waals surface area (Å²) in [5, 5.41) is 29.7. The van der Waals surface area contributed by atoms with Crippen LogP contribution in [0.1, 0.15) is 66.2 Å². The van der Waals surface area contributed by atoms with Crippen molar-refractivity contribution in [2.24, 2.45) is 0 Å². The first kappa shape index (κ1) is 51.2. The van der Waals surface area contributed by atoms with Crippen molar-refractivity contribution >= 4 is 86.7 Å². The van der Waals surface area contributed by atoms with E-state index >= 15 is 0 Å². The summed E-state index contributed by atoms with van der Waals surface area (Å²) < 4.78 is 97.2. The number of benzene rings is 3. The Balaban J connectivity index is 1.14. The summed E-state index contributed by atoms with van der Waals surface area (Å²) in [6, 6.07) is 18.6. The second kappa shape index (κ2) is 21.4. The number of carbonyl (C=O) groups excluding carboxylic acids is 3. The molecule has 1 amide bonds. The second-order valence-corrected chi connectivity index (χ2v) is 20.8. The number of nitrogen functional groups attached to an aromatic ring is 1. The van der Waals surface area contributed by atoms with Gasteiger partial charge in [-0.05, 0) is 49.1 Å². The summed E-state index contributed by atoms with van der Waals surface area (Å²) in [5.41, 5.74) is 5.93. The maximum Gasteiger partial charge on any atom is 0.283 e. The van der Waals surface area contributed by atoms with Gasteiger partial charge in [-0.3, -0.25) is 32.9 Å². The number of rotatable bonds is 23. The SMILES string of the molecule is Nc1nc2ncc([C@H](O)[C@H](O)CO)nc2c(=O)n1CCC(=O)CC(=O)CCCc1ccc(S(=O)(=O)N(CCCS(=O)(=O)O)C(=O)c2c3ccccc3[n+](CCCS(=O)(=O)O)c3ccccc23)cc1. The Morgan fingerprint density at radius 1 is 0.779 bits per heavy atom. The number of sulfonamides is 1. The first-order valence-corrected chi connectivity index (χ1v) is 25.7. The van der Waals surface area contributed by atoms with E-state index in [0.717, 1.165) is 10.8 Å². The number of aromatic nitrogens is 5. The van der Waals surface area contributed by atoms with E-state index in [0.29, 0.717) is 31.7 Å². The Morgan fingerprint density at radius 3 is 1.97 bits per heavy atom. The van der Waals surface area contributed by atoms with Gasteiger partial charge in [0, 0.05) is 44.5 Å². The van der Waals surface area contributed by atoms with E-state index in [4.69, 9.17) is 10.8 Å². The van der Waals surface area contributed by atoms with Gasteiger partial charge in [-0.1, -0.05) is 36.4 Å². The Morgan fingerprint density at radius 2 is 1.37 bits per heavy atom. The molecule has 0 saturated heterocycles. The van der Waals surface area contributed by atoms with Crippen molar-refractivity contribution in [1.29, 1.82) is 0 Å². The Kier molecular flexibility index (Phi) is 16.1. The summed E-state index contributed by atoms with van der Waals surface area (Å²) in [5.74, 6) is -3.57. The lowest BCUT2D eigenvalue weighted by molar-refractivity contribution is -0.645. The molecule has 0 aliphatic carbocycles. The molecule has 362 valence electrons. The zero-order valence-electron chi connectivity index (χ0n) is 36.2. The predicted octanol–water partition coefficient (Wildman–Crippen LogP) is 1.08. The monoisotopic (exact) mass is 998 g/mol. The predicted molar refractivity (Wildman–Crippen MR) is 245 cm³/mol. The van der Waals surface area contributed by atoms with Crippen molar-refractivity contribution in [2.45, 2.75) is 75.1 Å². The fourth-order valence-electron chi connectivity index (χ4n) is 7.59. The van der Waals surface area contributed by atoms with Gasteiger partial charge in [-0.25, -0.2) is 22.7 Å². The van der Waals surface area contributed by atoms with Gasteiger partial charge < -0.3 is 21.1 Å². The van der Waals surface area contributed by atoms with E-state index in [9.17, 15) is 63.8 Å². The molecule has 0 radical (unpaired) electrons. The van der Waals surface area contributed by atoms with Crippen LogP contribution in [0.15, 0.2) is 88.7 Å². The lowest BCUT2D eigenvalue weighted by Crippen LogP contribution is -2.41. The minimum Gasteiger partial charge on any atom is -0.394 e. The number of ketones is 2. The van der Waals surface area contributed by atoms with Crippen molar-refractivity contribution in [3.63, 3.8) is 0 Å². The normalized spacial score (nSPS) is 13.2. The van der Waals surface area contributed by atoms with Gasteiger partial charge in [0.15, 0.2) is 17.7 Å². The van der Waals surface area contributed by atoms with Crippen LogP contribution in [0.2, 0.25) is 0 Å². The van der Waals surface area contributed by atoms with Gasteiger partial charge in [0.1, 0.15) is 23.8 Å². The summed E-state index contributed by atoms with van der Waals surface area (Å²) in [7, 11) is -13.6. The molecule has 0 aliphatic heterocycles. The molecule has 25 heteroatoms. The van der Waals surface area contributed by atoms with Crippen LogP contribution in [0.25, 0.3) is 33.0 Å². The zero-order chi connectivity index (χ0) is 49.6. The summed E-state index contributed by atoms with van der Waals surface area (Å²) >= 11 is 0. The highest BCUT2D eigenvalue weighted by molar-refractivity contribution is 7.89. The number of aliphatic hydroxyl groups excluding tert-OH is 3. The molecule has 0 fully saturated rings. The molecule has 0 bridgehead atoms. The number of aliphatic hydroxyl groups is 3. The van der Waals surface area contributed by atoms with E-state index in [-0.39, 0.29) is 78.5 Å². The fraction of sp³-hybridized carbons (Fsp3) is 0.349. The third kappa shape index (κ3) is 12.3. The number of carbonyl (C=O) groups is 3. The highest BCUT2D eigenvalue weighted by atomic mass is 32.2. The molecule has 6 aromatic rings. The standard InChI is InChI=1S/C43H47N7O15S3/c44-43-47-40-38(46-33(25-45-40)39(55)36(54)26-51)42(57)49(43)21-18-29(53)24-28(52)9-5-8-27-14-16-30(17-15-27)68(64,65)50(20-7-23-67(61,62)63)41(56)37-31-10-1-3-12-34(31)48(19-6-22-66(58,59)60)35-13-4-2-11-32(35)37/h1-4,10-17,25,36,39,51,54-55H,5-9,18-24,26H2,(H3-,44,45,47,57,58,59,60,61,62,63)/p+1/t36-,39+/m1/s1. The Bertz CT molecular complexity index is 3240. The molecule has 68 heavy (non-hydrogen) atoms. The topological polar surface area (TPSA) is 349 Å². The number of nitrogens with two attached hydrogens (primary N) is 1. The lowest BCUT2D eigenvalue weighted by atomic mass is 10.0. The smallest absolute Gasteiger partial charge is 0.283 e. The van der Waals surface area contributed by atoms with E-state index < -0.39 is 103 Å². The molecule has 22 nitrogen and oxygen atoms in total. The molecule has 0 aliphatic rings. The highest BCUT2D eigenvalue weighted by Crippen LogP contribution is 2.29. The summed E-state index contributed by atoms with van der Waals surface area (Å²) in [6.07, 6.45) is -2.83. The number of hydrogen-bond acceptors (Lipinski definition) is 17. The largest absolute Gasteiger partial charge is 0.394 e. The molecule has 2 atom stereocenters. The summed E-state index contributed by atoms with van der Waals surface area (Å²) in [6.45, 7) is -1.58. The van der Waals surface area contributed by atoms with Gasteiger partial charge in [-0.2, -0.15) is 26.4 Å². The first-order valence-electron chi connectivity index (χ1n) is 21.0. The number of Topliss-reactive ketones (excluding diaryl/α,β-unsaturated/α-hetero) is 2. The molecule has 0 unspecified atom stereocenters. The molecule has 7 N–H and O–H groups in total. The highest BCUT2D eigenvalue weighted by Gasteiger charge is 2.34. The van der Waals surface area contributed by atoms with E-state index in [1.165, 1.54) is 24.3 Å².